The summed E-state index contributed by atoms with van der Waals surface area (Å²) in [6, 6.07) is 17.3. The summed E-state index contributed by atoms with van der Waals surface area (Å²) in [5, 5.41) is 8.95. The lowest BCUT2D eigenvalue weighted by Crippen LogP contribution is -2.11. The molecule has 0 amide bonds. The molecule has 6 nitrogen and oxygen atoms in total. The minimum atomic E-state index is -0.666. The normalized spacial score (nSPS) is 14.6. The second-order valence-electron chi connectivity index (χ2n) is 7.75. The molecule has 1 saturated carbocycles. The van der Waals surface area contributed by atoms with Gasteiger partial charge in [0.25, 0.3) is 5.89 Å². The third-order valence-electron chi connectivity index (χ3n) is 5.32. The molecule has 1 atom stereocenters. The molecule has 0 saturated heterocycles. The topological polar surface area (TPSA) is 78.1 Å². The Morgan fingerprint density at radius 1 is 1.10 bits per heavy atom. The molecule has 150 valence electrons. The van der Waals surface area contributed by atoms with E-state index in [0.717, 1.165) is 40.6 Å². The Kier molecular flexibility index (Phi) is 4.54. The van der Waals surface area contributed by atoms with Crippen LogP contribution < -0.4 is 0 Å². The van der Waals surface area contributed by atoms with Gasteiger partial charge in [0.1, 0.15) is 0 Å². The van der Waals surface area contributed by atoms with E-state index in [1.165, 1.54) is 0 Å². The average Bonchev–Trinajstić information content (AvgIpc) is 3.50. The summed E-state index contributed by atoms with van der Waals surface area (Å²) in [7, 11) is 0. The molecule has 2 heterocycles. The number of hydrogen-bond acceptors (Lipinski definition) is 6. The highest BCUT2D eigenvalue weighted by atomic mass is 16.6. The Labute approximate surface area is 173 Å². The van der Waals surface area contributed by atoms with E-state index in [9.17, 15) is 4.79 Å². The van der Waals surface area contributed by atoms with E-state index in [0.29, 0.717) is 17.4 Å². The highest BCUT2D eigenvalue weighted by molar-refractivity contribution is 6.03. The molecular formula is C24H21N3O3. The van der Waals surface area contributed by atoms with Gasteiger partial charge in [0, 0.05) is 22.6 Å². The van der Waals surface area contributed by atoms with Crippen LogP contribution in [0.3, 0.4) is 0 Å². The van der Waals surface area contributed by atoms with Crippen LogP contribution in [0.15, 0.2) is 59.0 Å². The van der Waals surface area contributed by atoms with Crippen molar-refractivity contribution in [1.29, 1.82) is 0 Å². The van der Waals surface area contributed by atoms with Gasteiger partial charge in [-0.1, -0.05) is 35.9 Å². The van der Waals surface area contributed by atoms with E-state index in [-0.39, 0.29) is 5.89 Å². The van der Waals surface area contributed by atoms with E-state index in [2.05, 4.69) is 10.2 Å². The zero-order valence-electron chi connectivity index (χ0n) is 16.8. The second kappa shape index (κ2) is 7.37. The summed E-state index contributed by atoms with van der Waals surface area (Å²) in [6.45, 7) is 3.75. The molecule has 0 N–H and O–H groups in total. The summed E-state index contributed by atoms with van der Waals surface area (Å²) in [5.74, 6) is 0.683. The van der Waals surface area contributed by atoms with Crippen molar-refractivity contribution in [3.63, 3.8) is 0 Å². The number of hydrogen-bond donors (Lipinski definition) is 0. The average molecular weight is 399 g/mol. The number of ether oxygens (including phenoxy) is 1. The fourth-order valence-electron chi connectivity index (χ4n) is 3.44. The Bertz CT molecular complexity index is 1230. The lowest BCUT2D eigenvalue weighted by atomic mass is 10.1. The van der Waals surface area contributed by atoms with Crippen molar-refractivity contribution < 1.29 is 13.9 Å². The number of rotatable bonds is 5. The highest BCUT2D eigenvalue weighted by Gasteiger charge is 2.28. The first-order chi connectivity index (χ1) is 14.6. The third kappa shape index (κ3) is 3.56. The maximum absolute atomic E-state index is 13.0. The van der Waals surface area contributed by atoms with E-state index in [4.69, 9.17) is 14.1 Å². The quantitative estimate of drug-likeness (QED) is 0.419. The lowest BCUT2D eigenvalue weighted by molar-refractivity contribution is 0.0282. The van der Waals surface area contributed by atoms with Crippen molar-refractivity contribution in [2.45, 2.75) is 38.7 Å². The Balaban J connectivity index is 1.40. The van der Waals surface area contributed by atoms with Gasteiger partial charge in [-0.05, 0) is 51.0 Å². The van der Waals surface area contributed by atoms with Crippen LogP contribution >= 0.6 is 0 Å². The van der Waals surface area contributed by atoms with Crippen molar-refractivity contribution in [1.82, 2.24) is 15.2 Å². The minimum absolute atomic E-state index is 0.264. The second-order valence-corrected chi connectivity index (χ2v) is 7.75. The van der Waals surface area contributed by atoms with Crippen molar-refractivity contribution in [2.24, 2.45) is 0 Å². The van der Waals surface area contributed by atoms with Gasteiger partial charge in [-0.25, -0.2) is 4.79 Å². The van der Waals surface area contributed by atoms with Crippen molar-refractivity contribution in [2.75, 3.05) is 0 Å². The summed E-state index contributed by atoms with van der Waals surface area (Å²) < 4.78 is 11.4. The van der Waals surface area contributed by atoms with Crippen LogP contribution in [0.4, 0.5) is 0 Å². The Hall–Kier alpha value is -3.54. The zero-order valence-corrected chi connectivity index (χ0v) is 16.8. The summed E-state index contributed by atoms with van der Waals surface area (Å²) in [6.07, 6.45) is 1.56. The van der Waals surface area contributed by atoms with E-state index in [1.807, 2.05) is 61.5 Å². The van der Waals surface area contributed by atoms with Crippen LogP contribution in [-0.2, 0) is 4.74 Å². The molecule has 0 unspecified atom stereocenters. The van der Waals surface area contributed by atoms with Crippen LogP contribution in [0.25, 0.3) is 22.4 Å². The molecule has 1 fully saturated rings. The van der Waals surface area contributed by atoms with Gasteiger partial charge in [0.05, 0.1) is 11.1 Å². The molecule has 4 aromatic rings. The van der Waals surface area contributed by atoms with Crippen LogP contribution in [0.5, 0.6) is 0 Å². The summed E-state index contributed by atoms with van der Waals surface area (Å²) >= 11 is 0. The van der Waals surface area contributed by atoms with Gasteiger partial charge in [0.15, 0.2) is 6.10 Å². The number of carbonyl (C=O) groups excluding carboxylic acids is 1. The molecule has 1 aliphatic rings. The molecular weight excluding hydrogens is 378 g/mol. The maximum atomic E-state index is 13.0. The van der Waals surface area contributed by atoms with Gasteiger partial charge in [0.2, 0.25) is 5.89 Å². The number of aryl methyl sites for hydroxylation is 1. The van der Waals surface area contributed by atoms with Gasteiger partial charge in [-0.15, -0.1) is 10.2 Å². The van der Waals surface area contributed by atoms with E-state index >= 15 is 0 Å². The van der Waals surface area contributed by atoms with Crippen molar-refractivity contribution in [3.8, 4) is 11.5 Å². The molecule has 6 heteroatoms. The fourth-order valence-corrected chi connectivity index (χ4v) is 3.44. The number of esters is 1. The number of benzene rings is 2. The number of carbonyl (C=O) groups is 1. The zero-order chi connectivity index (χ0) is 20.7. The largest absolute Gasteiger partial charge is 0.449 e. The molecule has 0 aliphatic heterocycles. The molecule has 0 spiro atoms. The van der Waals surface area contributed by atoms with Crippen LogP contribution in [0.1, 0.15) is 59.3 Å². The molecule has 2 aromatic heterocycles. The highest BCUT2D eigenvalue weighted by Crippen LogP contribution is 2.40. The number of aromatic nitrogens is 3. The first-order valence-electron chi connectivity index (χ1n) is 10.1. The van der Waals surface area contributed by atoms with Gasteiger partial charge < -0.3 is 9.15 Å². The van der Waals surface area contributed by atoms with Crippen LogP contribution in [-0.4, -0.2) is 21.2 Å². The molecule has 0 radical (unpaired) electrons. The first-order valence-corrected chi connectivity index (χ1v) is 10.1. The van der Waals surface area contributed by atoms with Gasteiger partial charge in [-0.2, -0.15) is 0 Å². The standard InChI is InChI=1S/C24H21N3O3/c1-14-7-9-17(10-8-14)23-27-26-22(30-23)15(2)29-24(28)19-13-21(16-11-12-16)25-20-6-4-3-5-18(19)20/h3-10,13,15-16H,11-12H2,1-2H3/t15-/m0/s1. The molecule has 1 aliphatic carbocycles. The first kappa shape index (κ1) is 18.5. The SMILES string of the molecule is Cc1ccc(-c2nnc([C@H](C)OC(=O)c3cc(C4CC4)nc4ccccc34)o2)cc1. The fraction of sp³-hybridized carbons (Fsp3) is 0.250. The number of pyridine rings is 1. The van der Waals surface area contributed by atoms with E-state index in [1.54, 1.807) is 6.92 Å². The lowest BCUT2D eigenvalue weighted by Gasteiger charge is -2.12. The van der Waals surface area contributed by atoms with Crippen LogP contribution in [0, 0.1) is 6.92 Å². The van der Waals surface area contributed by atoms with Gasteiger partial charge in [-0.3, -0.25) is 4.98 Å². The minimum Gasteiger partial charge on any atom is -0.449 e. The predicted molar refractivity (Wildman–Crippen MR) is 112 cm³/mol. The maximum Gasteiger partial charge on any atom is 0.339 e. The Morgan fingerprint density at radius 2 is 1.87 bits per heavy atom. The van der Waals surface area contributed by atoms with Crippen molar-refractivity contribution >= 4 is 16.9 Å². The Morgan fingerprint density at radius 3 is 2.63 bits per heavy atom. The number of fused-ring (bicyclic) bond motifs is 1. The summed E-state index contributed by atoms with van der Waals surface area (Å²) in [4.78, 5) is 17.7. The van der Waals surface area contributed by atoms with Crippen LogP contribution in [0.2, 0.25) is 0 Å². The molecule has 0 bridgehead atoms. The monoisotopic (exact) mass is 399 g/mol. The van der Waals surface area contributed by atoms with E-state index < -0.39 is 12.1 Å². The smallest absolute Gasteiger partial charge is 0.339 e. The number of para-hydroxylation sites is 1. The molecule has 5 rings (SSSR count). The third-order valence-corrected chi connectivity index (χ3v) is 5.32. The predicted octanol–water partition coefficient (Wildman–Crippen LogP) is 5.39. The molecule has 30 heavy (non-hydrogen) atoms. The van der Waals surface area contributed by atoms with Crippen molar-refractivity contribution in [3.05, 3.63) is 77.3 Å². The number of nitrogens with zero attached hydrogens (tertiary/aromatic N) is 3. The molecule has 2 aromatic carbocycles. The van der Waals surface area contributed by atoms with Gasteiger partial charge >= 0.3 is 5.97 Å². The summed E-state index contributed by atoms with van der Waals surface area (Å²) in [5.41, 5.74) is 4.25.